The molecule has 31 heavy (non-hydrogen) atoms. The first kappa shape index (κ1) is 19.0. The van der Waals surface area contributed by atoms with Crippen molar-refractivity contribution >= 4 is 17.1 Å². The van der Waals surface area contributed by atoms with Crippen LogP contribution >= 0.6 is 0 Å². The van der Waals surface area contributed by atoms with Gasteiger partial charge >= 0.3 is 0 Å². The lowest BCUT2D eigenvalue weighted by Crippen LogP contribution is -2.08. The van der Waals surface area contributed by atoms with Crippen LogP contribution in [0.3, 0.4) is 0 Å². The lowest BCUT2D eigenvalue weighted by atomic mass is 10.1. The molecule has 0 atom stereocenters. The highest BCUT2D eigenvalue weighted by Crippen LogP contribution is 2.30. The summed E-state index contributed by atoms with van der Waals surface area (Å²) in [5.41, 5.74) is 4.92. The van der Waals surface area contributed by atoms with E-state index in [1.54, 1.807) is 20.4 Å². The van der Waals surface area contributed by atoms with E-state index in [-0.39, 0.29) is 0 Å². The number of pyridine rings is 2. The molecule has 4 aromatic heterocycles. The third-order valence-corrected chi connectivity index (χ3v) is 5.35. The van der Waals surface area contributed by atoms with Gasteiger partial charge in [-0.05, 0) is 48.4 Å². The largest absolute Gasteiger partial charge is 0.493 e. The third-order valence-electron chi connectivity index (χ3n) is 5.35. The zero-order valence-electron chi connectivity index (χ0n) is 17.4. The van der Waals surface area contributed by atoms with E-state index in [1.807, 2.05) is 53.2 Å². The van der Waals surface area contributed by atoms with Crippen molar-refractivity contribution in [3.05, 3.63) is 78.9 Å². The van der Waals surface area contributed by atoms with Crippen molar-refractivity contribution in [2.45, 2.75) is 6.42 Å². The van der Waals surface area contributed by atoms with Crippen LogP contribution in [0.2, 0.25) is 0 Å². The van der Waals surface area contributed by atoms with Crippen LogP contribution in [0, 0.1) is 0 Å². The van der Waals surface area contributed by atoms with Gasteiger partial charge in [-0.15, -0.1) is 0 Å². The third kappa shape index (κ3) is 3.54. The molecule has 0 amide bonds. The molecule has 156 valence electrons. The van der Waals surface area contributed by atoms with Crippen molar-refractivity contribution in [3.63, 3.8) is 0 Å². The first-order chi connectivity index (χ1) is 15.3. The summed E-state index contributed by atoms with van der Waals surface area (Å²) in [7, 11) is 3.30. The fourth-order valence-corrected chi connectivity index (χ4v) is 3.79. The minimum Gasteiger partial charge on any atom is -0.493 e. The molecule has 1 aromatic carbocycles. The number of anilines is 1. The Morgan fingerprint density at radius 3 is 2.71 bits per heavy atom. The summed E-state index contributed by atoms with van der Waals surface area (Å²) in [4.78, 5) is 9.21. The smallest absolute Gasteiger partial charge is 0.160 e. The number of imidazole rings is 2. The van der Waals surface area contributed by atoms with Crippen molar-refractivity contribution in [1.29, 1.82) is 0 Å². The Labute approximate surface area is 179 Å². The average Bonchev–Trinajstić information content (AvgIpc) is 3.43. The Balaban J connectivity index is 1.44. The van der Waals surface area contributed by atoms with E-state index in [2.05, 4.69) is 33.0 Å². The van der Waals surface area contributed by atoms with Gasteiger partial charge in [0.2, 0.25) is 0 Å². The van der Waals surface area contributed by atoms with Crippen LogP contribution in [0.25, 0.3) is 22.6 Å². The van der Waals surface area contributed by atoms with E-state index in [1.165, 1.54) is 5.56 Å². The molecule has 0 spiro atoms. The Morgan fingerprint density at radius 1 is 0.935 bits per heavy atom. The van der Waals surface area contributed by atoms with Crippen LogP contribution in [0.4, 0.5) is 5.82 Å². The quantitative estimate of drug-likeness (QED) is 0.430. The van der Waals surface area contributed by atoms with Crippen molar-refractivity contribution in [1.82, 2.24) is 18.8 Å². The summed E-state index contributed by atoms with van der Waals surface area (Å²) < 4.78 is 14.9. The molecule has 4 heterocycles. The summed E-state index contributed by atoms with van der Waals surface area (Å²) in [6, 6.07) is 16.1. The van der Waals surface area contributed by atoms with Crippen LogP contribution < -0.4 is 14.8 Å². The van der Waals surface area contributed by atoms with Crippen LogP contribution in [0.5, 0.6) is 11.5 Å². The maximum atomic E-state index is 5.43. The minimum atomic E-state index is 0.734. The molecular weight excluding hydrogens is 390 g/mol. The number of ether oxygens (including phenoxy) is 2. The van der Waals surface area contributed by atoms with Gasteiger partial charge in [0.15, 0.2) is 11.5 Å². The summed E-state index contributed by atoms with van der Waals surface area (Å²) in [6.07, 6.45) is 8.66. The van der Waals surface area contributed by atoms with Crippen LogP contribution in [0.15, 0.2) is 73.3 Å². The first-order valence-electron chi connectivity index (χ1n) is 10.1. The number of nitrogens with zero attached hydrogens (tertiary/aromatic N) is 4. The van der Waals surface area contributed by atoms with E-state index in [4.69, 9.17) is 14.5 Å². The van der Waals surface area contributed by atoms with E-state index >= 15 is 0 Å². The summed E-state index contributed by atoms with van der Waals surface area (Å²) >= 11 is 0. The molecule has 0 saturated carbocycles. The van der Waals surface area contributed by atoms with Gasteiger partial charge in [0, 0.05) is 36.9 Å². The van der Waals surface area contributed by atoms with E-state index < -0.39 is 0 Å². The average molecular weight is 413 g/mol. The predicted octanol–water partition coefficient (Wildman–Crippen LogP) is 4.32. The van der Waals surface area contributed by atoms with Gasteiger partial charge in [-0.3, -0.25) is 4.40 Å². The van der Waals surface area contributed by atoms with Gasteiger partial charge in [-0.2, -0.15) is 0 Å². The van der Waals surface area contributed by atoms with Gasteiger partial charge in [0.25, 0.3) is 0 Å². The molecule has 7 heteroatoms. The van der Waals surface area contributed by atoms with Crippen molar-refractivity contribution in [2.24, 2.45) is 0 Å². The molecule has 0 aliphatic heterocycles. The Bertz CT molecular complexity index is 1350. The lowest BCUT2D eigenvalue weighted by Gasteiger charge is -2.11. The SMILES string of the molecule is COc1ccc(CCNc2c(-c3ccc4nccn4c3)nc3ccccn23)cc1OC. The lowest BCUT2D eigenvalue weighted by molar-refractivity contribution is 0.354. The second-order valence-electron chi connectivity index (χ2n) is 7.21. The van der Waals surface area contributed by atoms with Crippen molar-refractivity contribution in [2.75, 3.05) is 26.1 Å². The van der Waals surface area contributed by atoms with E-state index in [9.17, 15) is 0 Å². The molecule has 0 fully saturated rings. The fraction of sp³-hybridized carbons (Fsp3) is 0.167. The van der Waals surface area contributed by atoms with Crippen LogP contribution in [-0.2, 0) is 6.42 Å². The number of methoxy groups -OCH3 is 2. The second kappa shape index (κ2) is 8.02. The highest BCUT2D eigenvalue weighted by Gasteiger charge is 2.14. The van der Waals surface area contributed by atoms with Gasteiger partial charge in [0.05, 0.1) is 14.2 Å². The first-order valence-corrected chi connectivity index (χ1v) is 10.1. The number of benzene rings is 1. The molecule has 0 aliphatic rings. The summed E-state index contributed by atoms with van der Waals surface area (Å²) in [6.45, 7) is 0.749. The van der Waals surface area contributed by atoms with Gasteiger partial charge < -0.3 is 19.2 Å². The molecule has 0 unspecified atom stereocenters. The Morgan fingerprint density at radius 2 is 1.84 bits per heavy atom. The Kier molecular flexibility index (Phi) is 4.92. The molecule has 5 aromatic rings. The fourth-order valence-electron chi connectivity index (χ4n) is 3.79. The molecule has 0 saturated heterocycles. The predicted molar refractivity (Wildman–Crippen MR) is 121 cm³/mol. The summed E-state index contributed by atoms with van der Waals surface area (Å²) in [5, 5.41) is 3.59. The van der Waals surface area contributed by atoms with Crippen molar-refractivity contribution < 1.29 is 9.47 Å². The second-order valence-corrected chi connectivity index (χ2v) is 7.21. The van der Waals surface area contributed by atoms with Gasteiger partial charge in [-0.1, -0.05) is 12.1 Å². The van der Waals surface area contributed by atoms with E-state index in [0.717, 1.165) is 52.8 Å². The van der Waals surface area contributed by atoms with Crippen LogP contribution in [0.1, 0.15) is 5.56 Å². The molecule has 0 radical (unpaired) electrons. The zero-order chi connectivity index (χ0) is 21.2. The highest BCUT2D eigenvalue weighted by molar-refractivity contribution is 5.76. The van der Waals surface area contributed by atoms with E-state index in [0.29, 0.717) is 0 Å². The number of rotatable bonds is 7. The van der Waals surface area contributed by atoms with Gasteiger partial charge in [-0.25, -0.2) is 9.97 Å². The van der Waals surface area contributed by atoms with Crippen molar-refractivity contribution in [3.8, 4) is 22.8 Å². The maximum absolute atomic E-state index is 5.43. The number of fused-ring (bicyclic) bond motifs is 2. The number of hydrogen-bond acceptors (Lipinski definition) is 5. The van der Waals surface area contributed by atoms with Gasteiger partial charge in [0.1, 0.15) is 22.8 Å². The zero-order valence-corrected chi connectivity index (χ0v) is 17.4. The maximum Gasteiger partial charge on any atom is 0.160 e. The highest BCUT2D eigenvalue weighted by atomic mass is 16.5. The molecule has 0 aliphatic carbocycles. The molecule has 7 nitrogen and oxygen atoms in total. The topological polar surface area (TPSA) is 65.1 Å². The molecule has 1 N–H and O–H groups in total. The summed E-state index contributed by atoms with van der Waals surface area (Å²) in [5.74, 6) is 2.44. The standard InChI is InChI=1S/C24H23N5O2/c1-30-19-8-6-17(15-20(19)31-2)10-11-26-24-23(27-22-5-3-4-13-29(22)24)18-7-9-21-25-12-14-28(21)16-18/h3-9,12-16,26H,10-11H2,1-2H3. The minimum absolute atomic E-state index is 0.734. The monoisotopic (exact) mass is 413 g/mol. The number of nitrogens with one attached hydrogen (secondary N) is 1. The molecular formula is C24H23N5O2. The Hall–Kier alpha value is -4.00. The normalized spacial score (nSPS) is 11.2. The number of aromatic nitrogens is 4. The molecule has 5 rings (SSSR count). The molecule has 0 bridgehead atoms. The number of hydrogen-bond donors (Lipinski definition) is 1. The van der Waals surface area contributed by atoms with Crippen LogP contribution in [-0.4, -0.2) is 39.5 Å².